The lowest BCUT2D eigenvalue weighted by molar-refractivity contribution is 0.0857. The van der Waals surface area contributed by atoms with E-state index in [-0.39, 0.29) is 0 Å². The zero-order valence-electron chi connectivity index (χ0n) is 11.8. The Morgan fingerprint density at radius 1 is 0.952 bits per heavy atom. The fraction of sp³-hybridized carbons (Fsp3) is 0.222. The highest BCUT2D eigenvalue weighted by Crippen LogP contribution is 2.32. The molecule has 2 aromatic carbocycles. The minimum Gasteiger partial charge on any atom is -0.276 e. The molecule has 0 heterocycles. The Bertz CT molecular complexity index is 602. The number of hydrogen-bond acceptors (Lipinski definition) is 2. The van der Waals surface area contributed by atoms with Gasteiger partial charge in [-0.15, -0.1) is 0 Å². The normalized spacial score (nSPS) is 13.1. The lowest BCUT2D eigenvalue weighted by Crippen LogP contribution is -2.10. The van der Waals surface area contributed by atoms with Crippen molar-refractivity contribution in [2.45, 2.75) is 12.8 Å². The summed E-state index contributed by atoms with van der Waals surface area (Å²) in [6.45, 7) is 0.632. The summed E-state index contributed by atoms with van der Waals surface area (Å²) in [4.78, 5) is 5.38. The van der Waals surface area contributed by atoms with E-state index in [1.165, 1.54) is 27.8 Å². The van der Waals surface area contributed by atoms with Crippen molar-refractivity contribution in [3.05, 3.63) is 77.0 Å². The molecule has 3 heteroatoms. The van der Waals surface area contributed by atoms with Crippen LogP contribution in [0.3, 0.4) is 0 Å². The van der Waals surface area contributed by atoms with Gasteiger partial charge in [-0.2, -0.15) is 0 Å². The molecule has 0 spiro atoms. The quantitative estimate of drug-likeness (QED) is 0.512. The second-order valence-electron chi connectivity index (χ2n) is 5.03. The first-order valence-corrected chi connectivity index (χ1v) is 8.32. The molecule has 1 aliphatic rings. The maximum absolute atomic E-state index is 5.38. The molecule has 0 amide bonds. The van der Waals surface area contributed by atoms with Crippen molar-refractivity contribution in [2.75, 3.05) is 11.9 Å². The van der Waals surface area contributed by atoms with E-state index in [0.717, 1.165) is 18.2 Å². The SMILES string of the molecule is BrCCONC=C1c2ccccc2CCc2ccccc21. The highest BCUT2D eigenvalue weighted by molar-refractivity contribution is 9.09. The molecule has 21 heavy (non-hydrogen) atoms. The monoisotopic (exact) mass is 343 g/mol. The number of fused-ring (bicyclic) bond motifs is 2. The Hall–Kier alpha value is -1.58. The second kappa shape index (κ2) is 6.92. The molecule has 2 aromatic rings. The highest BCUT2D eigenvalue weighted by Gasteiger charge is 2.17. The molecular formula is C18H18BrNO. The van der Waals surface area contributed by atoms with Gasteiger partial charge in [-0.1, -0.05) is 64.5 Å². The Labute approximate surface area is 133 Å². The molecule has 0 saturated carbocycles. The fourth-order valence-corrected chi connectivity index (χ4v) is 2.93. The summed E-state index contributed by atoms with van der Waals surface area (Å²) in [5.41, 5.74) is 9.54. The van der Waals surface area contributed by atoms with Gasteiger partial charge in [-0.25, -0.2) is 0 Å². The fourth-order valence-electron chi connectivity index (χ4n) is 2.77. The van der Waals surface area contributed by atoms with E-state index in [4.69, 9.17) is 4.84 Å². The third-order valence-electron chi connectivity index (χ3n) is 3.74. The molecule has 0 aliphatic heterocycles. The number of benzene rings is 2. The third-order valence-corrected chi connectivity index (χ3v) is 4.07. The van der Waals surface area contributed by atoms with E-state index < -0.39 is 0 Å². The van der Waals surface area contributed by atoms with Crippen molar-refractivity contribution < 1.29 is 4.84 Å². The van der Waals surface area contributed by atoms with E-state index in [0.29, 0.717) is 6.61 Å². The van der Waals surface area contributed by atoms with E-state index >= 15 is 0 Å². The molecule has 0 radical (unpaired) electrons. The standard InChI is InChI=1S/C18H18BrNO/c19-11-12-21-20-13-18-16-7-3-1-5-14(16)9-10-15-6-2-4-8-17(15)18/h1-8,13,20H,9-12H2. The van der Waals surface area contributed by atoms with Crippen LogP contribution in [0.2, 0.25) is 0 Å². The molecule has 108 valence electrons. The summed E-state index contributed by atoms with van der Waals surface area (Å²) in [5, 5.41) is 0.816. The summed E-state index contributed by atoms with van der Waals surface area (Å²) < 4.78 is 0. The largest absolute Gasteiger partial charge is 0.276 e. The van der Waals surface area contributed by atoms with Crippen molar-refractivity contribution in [3.63, 3.8) is 0 Å². The lowest BCUT2D eigenvalue weighted by atomic mass is 9.95. The number of halogens is 1. The van der Waals surface area contributed by atoms with Gasteiger partial charge in [-0.05, 0) is 35.1 Å². The van der Waals surface area contributed by atoms with Gasteiger partial charge in [0.2, 0.25) is 0 Å². The Morgan fingerprint density at radius 3 is 2.10 bits per heavy atom. The number of rotatable bonds is 4. The van der Waals surface area contributed by atoms with Crippen LogP contribution in [0.15, 0.2) is 54.7 Å². The number of aryl methyl sites for hydroxylation is 2. The first kappa shape index (κ1) is 14.4. The summed E-state index contributed by atoms with van der Waals surface area (Å²) in [7, 11) is 0. The Balaban J connectivity index is 2.03. The minimum atomic E-state index is 0.632. The van der Waals surface area contributed by atoms with Crippen LogP contribution in [-0.2, 0) is 17.7 Å². The lowest BCUT2D eigenvalue weighted by Gasteiger charge is -2.12. The molecular weight excluding hydrogens is 326 g/mol. The Morgan fingerprint density at radius 2 is 1.52 bits per heavy atom. The molecule has 0 atom stereocenters. The van der Waals surface area contributed by atoms with Gasteiger partial charge in [0.05, 0.1) is 6.61 Å². The van der Waals surface area contributed by atoms with Crippen molar-refractivity contribution in [1.29, 1.82) is 0 Å². The van der Waals surface area contributed by atoms with Gasteiger partial charge in [0.25, 0.3) is 0 Å². The maximum Gasteiger partial charge on any atom is 0.0842 e. The van der Waals surface area contributed by atoms with Crippen LogP contribution in [-0.4, -0.2) is 11.9 Å². The molecule has 0 fully saturated rings. The zero-order valence-corrected chi connectivity index (χ0v) is 13.4. The van der Waals surface area contributed by atoms with Crippen molar-refractivity contribution in [3.8, 4) is 0 Å². The highest BCUT2D eigenvalue weighted by atomic mass is 79.9. The van der Waals surface area contributed by atoms with Crippen LogP contribution < -0.4 is 5.48 Å². The first-order chi connectivity index (χ1) is 10.4. The topological polar surface area (TPSA) is 21.3 Å². The Kier molecular flexibility index (Phi) is 4.73. The molecule has 0 unspecified atom stereocenters. The van der Waals surface area contributed by atoms with Gasteiger partial charge in [-0.3, -0.25) is 10.3 Å². The first-order valence-electron chi connectivity index (χ1n) is 7.20. The molecule has 0 bridgehead atoms. The number of hydrogen-bond donors (Lipinski definition) is 1. The predicted molar refractivity (Wildman–Crippen MR) is 90.3 cm³/mol. The number of alkyl halides is 1. The van der Waals surface area contributed by atoms with Gasteiger partial charge >= 0.3 is 0 Å². The van der Waals surface area contributed by atoms with Crippen LogP contribution in [0.5, 0.6) is 0 Å². The van der Waals surface area contributed by atoms with E-state index in [2.05, 4.69) is 69.9 Å². The summed E-state index contributed by atoms with van der Waals surface area (Å²) in [6.07, 6.45) is 4.13. The predicted octanol–water partition coefficient (Wildman–Crippen LogP) is 4.09. The van der Waals surface area contributed by atoms with Gasteiger partial charge in [0, 0.05) is 17.1 Å². The molecule has 1 N–H and O–H groups in total. The number of nitrogens with one attached hydrogen (secondary N) is 1. The van der Waals surface area contributed by atoms with E-state index in [1.54, 1.807) is 0 Å². The maximum atomic E-state index is 5.38. The zero-order chi connectivity index (χ0) is 14.5. The molecule has 3 rings (SSSR count). The second-order valence-corrected chi connectivity index (χ2v) is 5.82. The third kappa shape index (κ3) is 3.20. The summed E-state index contributed by atoms with van der Waals surface area (Å²) in [6, 6.07) is 17.2. The smallest absolute Gasteiger partial charge is 0.0842 e. The van der Waals surface area contributed by atoms with E-state index in [9.17, 15) is 0 Å². The van der Waals surface area contributed by atoms with Crippen LogP contribution in [0, 0.1) is 0 Å². The summed E-state index contributed by atoms with van der Waals surface area (Å²) in [5.74, 6) is 0. The molecule has 2 nitrogen and oxygen atoms in total. The van der Waals surface area contributed by atoms with Gasteiger partial charge in [0.15, 0.2) is 0 Å². The molecule has 0 aromatic heterocycles. The number of hydroxylamine groups is 1. The van der Waals surface area contributed by atoms with Crippen molar-refractivity contribution in [2.24, 2.45) is 0 Å². The summed E-state index contributed by atoms with van der Waals surface area (Å²) >= 11 is 3.35. The van der Waals surface area contributed by atoms with Crippen LogP contribution in [0.1, 0.15) is 22.3 Å². The van der Waals surface area contributed by atoms with Crippen molar-refractivity contribution in [1.82, 2.24) is 5.48 Å². The van der Waals surface area contributed by atoms with Gasteiger partial charge < -0.3 is 0 Å². The van der Waals surface area contributed by atoms with Crippen LogP contribution >= 0.6 is 15.9 Å². The molecule has 1 aliphatic carbocycles. The average molecular weight is 344 g/mol. The van der Waals surface area contributed by atoms with Crippen molar-refractivity contribution >= 4 is 21.5 Å². The van der Waals surface area contributed by atoms with Crippen LogP contribution in [0.25, 0.3) is 5.57 Å². The van der Waals surface area contributed by atoms with Crippen LogP contribution in [0.4, 0.5) is 0 Å². The average Bonchev–Trinajstić information content (AvgIpc) is 2.69. The van der Waals surface area contributed by atoms with Gasteiger partial charge in [0.1, 0.15) is 0 Å². The molecule has 0 saturated heterocycles. The van der Waals surface area contributed by atoms with E-state index in [1.807, 2.05) is 6.20 Å². The minimum absolute atomic E-state index is 0.632.